The Morgan fingerprint density at radius 3 is 2.50 bits per heavy atom. The van der Waals surface area contributed by atoms with E-state index >= 15 is 0 Å². The highest BCUT2D eigenvalue weighted by molar-refractivity contribution is 7.89. The van der Waals surface area contributed by atoms with Crippen LogP contribution in [0.5, 0.6) is 0 Å². The van der Waals surface area contributed by atoms with Crippen LogP contribution in [-0.4, -0.2) is 34.6 Å². The van der Waals surface area contributed by atoms with Crippen molar-refractivity contribution in [3.05, 3.63) is 74.4 Å². The summed E-state index contributed by atoms with van der Waals surface area (Å²) in [5.74, 6) is -0.749. The van der Waals surface area contributed by atoms with Gasteiger partial charge >= 0.3 is 5.69 Å². The topological polar surface area (TPSA) is 146 Å². The second-order valence-corrected chi connectivity index (χ2v) is 8.45. The summed E-state index contributed by atoms with van der Waals surface area (Å²) in [6.45, 7) is -0.00781. The van der Waals surface area contributed by atoms with E-state index in [1.807, 2.05) is 12.1 Å². The lowest BCUT2D eigenvalue weighted by molar-refractivity contribution is -0.122. The second kappa shape index (κ2) is 6.43. The van der Waals surface area contributed by atoms with Gasteiger partial charge in [-0.3, -0.25) is 14.6 Å². The highest BCUT2D eigenvalue weighted by Gasteiger charge is 2.38. The van der Waals surface area contributed by atoms with Crippen LogP contribution in [0.15, 0.2) is 56.9 Å². The van der Waals surface area contributed by atoms with Crippen LogP contribution in [0.1, 0.15) is 11.1 Å². The molecule has 3 aromatic rings. The average Bonchev–Trinajstić information content (AvgIpc) is 2.66. The molecule has 10 heteroatoms. The van der Waals surface area contributed by atoms with Gasteiger partial charge in [-0.05, 0) is 35.7 Å². The number of nitrogens with zero attached hydrogens (tertiary/aromatic N) is 1. The first-order chi connectivity index (χ1) is 13.3. The Labute approximate surface area is 158 Å². The number of aromatic nitrogens is 2. The van der Waals surface area contributed by atoms with E-state index in [0.717, 1.165) is 15.4 Å². The van der Waals surface area contributed by atoms with Gasteiger partial charge in [0, 0.05) is 6.54 Å². The van der Waals surface area contributed by atoms with Crippen molar-refractivity contribution in [2.45, 2.75) is 23.9 Å². The maximum Gasteiger partial charge on any atom is 0.326 e. The van der Waals surface area contributed by atoms with E-state index in [1.165, 1.54) is 18.2 Å². The molecule has 0 spiro atoms. The third-order valence-corrected chi connectivity index (χ3v) is 6.70. The summed E-state index contributed by atoms with van der Waals surface area (Å²) >= 11 is 0. The van der Waals surface area contributed by atoms with Crippen molar-refractivity contribution in [2.24, 2.45) is 5.73 Å². The van der Waals surface area contributed by atoms with Gasteiger partial charge in [-0.25, -0.2) is 13.2 Å². The number of amides is 1. The number of carbonyl (C=O) groups is 1. The lowest BCUT2D eigenvalue weighted by atomic mass is 9.96. The Hall–Kier alpha value is -3.24. The minimum atomic E-state index is -4.13. The van der Waals surface area contributed by atoms with E-state index in [2.05, 4.69) is 9.97 Å². The highest BCUT2D eigenvalue weighted by atomic mass is 32.2. The Bertz CT molecular complexity index is 1330. The van der Waals surface area contributed by atoms with Crippen LogP contribution >= 0.6 is 0 Å². The summed E-state index contributed by atoms with van der Waals surface area (Å²) < 4.78 is 27.6. The van der Waals surface area contributed by atoms with Crippen molar-refractivity contribution in [3.63, 3.8) is 0 Å². The Balaban J connectivity index is 1.85. The van der Waals surface area contributed by atoms with E-state index in [9.17, 15) is 22.8 Å². The number of benzene rings is 2. The van der Waals surface area contributed by atoms with Gasteiger partial charge in [-0.15, -0.1) is 0 Å². The van der Waals surface area contributed by atoms with Crippen molar-refractivity contribution in [1.82, 2.24) is 14.3 Å². The van der Waals surface area contributed by atoms with Crippen LogP contribution in [-0.2, 0) is 27.8 Å². The normalized spacial score (nSPS) is 17.4. The number of rotatable bonds is 3. The van der Waals surface area contributed by atoms with Crippen molar-refractivity contribution >= 4 is 26.8 Å². The molecule has 0 saturated carbocycles. The molecule has 0 aliphatic carbocycles. The van der Waals surface area contributed by atoms with Crippen LogP contribution in [0.2, 0.25) is 0 Å². The SMILES string of the molecule is NC(=O)[C@@H]1Cc2ccccc2CN1S(=O)(=O)c1ccc2[nH]c(=O)[nH]c(=O)c2c1. The molecule has 144 valence electrons. The van der Waals surface area contributed by atoms with Gasteiger partial charge in [0.25, 0.3) is 5.56 Å². The number of fused-ring (bicyclic) bond motifs is 2. The van der Waals surface area contributed by atoms with Crippen LogP contribution in [0, 0.1) is 0 Å². The number of primary amides is 1. The molecule has 0 unspecified atom stereocenters. The Morgan fingerprint density at radius 1 is 1.07 bits per heavy atom. The molecule has 0 fully saturated rings. The zero-order chi connectivity index (χ0) is 20.1. The van der Waals surface area contributed by atoms with Gasteiger partial charge in [0.2, 0.25) is 15.9 Å². The fraction of sp³-hybridized carbons (Fsp3) is 0.167. The largest absolute Gasteiger partial charge is 0.368 e. The van der Waals surface area contributed by atoms with Crippen molar-refractivity contribution in [1.29, 1.82) is 0 Å². The number of carbonyl (C=O) groups excluding carboxylic acids is 1. The molecular formula is C18H16N4O5S. The van der Waals surface area contributed by atoms with Gasteiger partial charge < -0.3 is 10.7 Å². The summed E-state index contributed by atoms with van der Waals surface area (Å²) in [6.07, 6.45) is 0.173. The molecule has 1 amide bonds. The molecule has 4 rings (SSSR count). The number of H-pyrrole nitrogens is 2. The minimum Gasteiger partial charge on any atom is -0.368 e. The van der Waals surface area contributed by atoms with Crippen molar-refractivity contribution < 1.29 is 13.2 Å². The summed E-state index contributed by atoms with van der Waals surface area (Å²) in [7, 11) is -4.13. The monoisotopic (exact) mass is 400 g/mol. The van der Waals surface area contributed by atoms with Gasteiger partial charge in [0.05, 0.1) is 15.8 Å². The van der Waals surface area contributed by atoms with E-state index in [0.29, 0.717) is 0 Å². The maximum absolute atomic E-state index is 13.3. The zero-order valence-electron chi connectivity index (χ0n) is 14.5. The number of sulfonamides is 1. The molecule has 0 radical (unpaired) electrons. The molecule has 9 nitrogen and oxygen atoms in total. The number of hydrogen-bond acceptors (Lipinski definition) is 5. The average molecular weight is 400 g/mol. The van der Waals surface area contributed by atoms with Gasteiger partial charge in [0.1, 0.15) is 6.04 Å². The summed E-state index contributed by atoms with van der Waals surface area (Å²) in [4.78, 5) is 39.7. The molecule has 0 bridgehead atoms. The molecule has 1 aromatic heterocycles. The first kappa shape index (κ1) is 18.1. The van der Waals surface area contributed by atoms with Crippen LogP contribution in [0.4, 0.5) is 0 Å². The lowest BCUT2D eigenvalue weighted by Crippen LogP contribution is -2.51. The van der Waals surface area contributed by atoms with Gasteiger partial charge in [-0.1, -0.05) is 24.3 Å². The third-order valence-electron chi connectivity index (χ3n) is 4.85. The smallest absolute Gasteiger partial charge is 0.326 e. The van der Waals surface area contributed by atoms with E-state index in [4.69, 9.17) is 5.73 Å². The van der Waals surface area contributed by atoms with Crippen molar-refractivity contribution in [3.8, 4) is 0 Å². The Morgan fingerprint density at radius 2 is 1.79 bits per heavy atom. The third kappa shape index (κ3) is 2.92. The number of hydrogen-bond donors (Lipinski definition) is 3. The molecule has 28 heavy (non-hydrogen) atoms. The molecule has 2 heterocycles. The standard InChI is InChI=1S/C18H16N4O5S/c19-16(23)15-7-10-3-1-2-4-11(10)9-22(15)28(26,27)12-5-6-14-13(8-12)17(24)21-18(25)20-14/h1-6,8,15H,7,9H2,(H2,19,23)(H2,20,21,24,25)/t15-/m0/s1. The fourth-order valence-corrected chi connectivity index (χ4v) is 5.03. The number of nitrogens with one attached hydrogen (secondary N) is 2. The molecule has 1 aliphatic heterocycles. The predicted octanol–water partition coefficient (Wildman–Crippen LogP) is -0.183. The lowest BCUT2D eigenvalue weighted by Gasteiger charge is -2.34. The summed E-state index contributed by atoms with van der Waals surface area (Å²) in [6, 6.07) is 10.0. The molecule has 4 N–H and O–H groups in total. The number of nitrogens with two attached hydrogens (primary N) is 1. The van der Waals surface area contributed by atoms with Crippen LogP contribution < -0.4 is 17.0 Å². The summed E-state index contributed by atoms with van der Waals surface area (Å²) in [5.41, 5.74) is 5.95. The molecule has 2 aromatic carbocycles. The van der Waals surface area contributed by atoms with Crippen molar-refractivity contribution in [2.75, 3.05) is 0 Å². The summed E-state index contributed by atoms with van der Waals surface area (Å²) in [5, 5.41) is 0.0220. The minimum absolute atomic E-state index is 0.00781. The van der Waals surface area contributed by atoms with E-state index in [-0.39, 0.29) is 28.8 Å². The molecule has 0 saturated heterocycles. The van der Waals surface area contributed by atoms with Gasteiger partial charge in [-0.2, -0.15) is 4.31 Å². The zero-order valence-corrected chi connectivity index (χ0v) is 15.3. The van der Waals surface area contributed by atoms with Crippen LogP contribution in [0.3, 0.4) is 0 Å². The van der Waals surface area contributed by atoms with E-state index in [1.54, 1.807) is 12.1 Å². The first-order valence-corrected chi connectivity index (χ1v) is 9.85. The predicted molar refractivity (Wildman–Crippen MR) is 101 cm³/mol. The maximum atomic E-state index is 13.3. The Kier molecular flexibility index (Phi) is 4.16. The number of aromatic amines is 2. The van der Waals surface area contributed by atoms with Gasteiger partial charge in [0.15, 0.2) is 0 Å². The van der Waals surface area contributed by atoms with Crippen LogP contribution in [0.25, 0.3) is 10.9 Å². The fourth-order valence-electron chi connectivity index (χ4n) is 3.43. The molecular weight excluding hydrogens is 384 g/mol. The second-order valence-electron chi connectivity index (χ2n) is 6.56. The first-order valence-electron chi connectivity index (χ1n) is 8.41. The van der Waals surface area contributed by atoms with E-state index < -0.39 is 33.2 Å². The molecule has 1 aliphatic rings. The quantitative estimate of drug-likeness (QED) is 0.558. The molecule has 1 atom stereocenters. The highest BCUT2D eigenvalue weighted by Crippen LogP contribution is 2.29.